The summed E-state index contributed by atoms with van der Waals surface area (Å²) in [5.41, 5.74) is 1.38. The summed E-state index contributed by atoms with van der Waals surface area (Å²) in [4.78, 5) is 17.4. The number of aromatic nitrogens is 1. The van der Waals surface area contributed by atoms with Gasteiger partial charge in [-0.2, -0.15) is 0 Å². The second-order valence-corrected chi connectivity index (χ2v) is 14.3. The van der Waals surface area contributed by atoms with E-state index < -0.39 is 8.07 Å². The Morgan fingerprint density at radius 3 is 2.35 bits per heavy atom. The first-order chi connectivity index (χ1) is 12.4. The number of carbonyl (C=O) groups is 1. The molecule has 0 spiro atoms. The Kier molecular flexibility index (Phi) is 5.61. The second-order valence-electron chi connectivity index (χ2n) is 7.07. The third-order valence-electron chi connectivity index (χ3n) is 4.03. The van der Waals surface area contributed by atoms with Crippen LogP contribution in [0.4, 0.5) is 0 Å². The summed E-state index contributed by atoms with van der Waals surface area (Å²) in [6.45, 7) is 9.00. The molecule has 0 amide bonds. The van der Waals surface area contributed by atoms with Gasteiger partial charge in [0.2, 0.25) is 0 Å². The van der Waals surface area contributed by atoms with E-state index in [0.717, 1.165) is 16.1 Å². The Morgan fingerprint density at radius 1 is 1.04 bits per heavy atom. The van der Waals surface area contributed by atoms with Crippen LogP contribution in [0.25, 0.3) is 10.9 Å². The maximum atomic E-state index is 12.7. The van der Waals surface area contributed by atoms with Crippen LogP contribution in [0.1, 0.15) is 17.4 Å². The number of pyridine rings is 1. The van der Waals surface area contributed by atoms with E-state index in [1.54, 1.807) is 0 Å². The summed E-state index contributed by atoms with van der Waals surface area (Å²) in [6.07, 6.45) is 0. The van der Waals surface area contributed by atoms with Gasteiger partial charge in [-0.1, -0.05) is 0 Å². The van der Waals surface area contributed by atoms with E-state index in [2.05, 4.69) is 50.0 Å². The van der Waals surface area contributed by atoms with E-state index in [4.69, 9.17) is 9.72 Å². The Balaban J connectivity index is 2.32. The van der Waals surface area contributed by atoms with Gasteiger partial charge in [0.25, 0.3) is 0 Å². The molecule has 3 rings (SSSR count). The first-order valence-corrected chi connectivity index (χ1v) is 14.0. The maximum absolute atomic E-state index is 12.7. The van der Waals surface area contributed by atoms with Gasteiger partial charge in [0.05, 0.1) is 0 Å². The zero-order valence-corrected chi connectivity index (χ0v) is 18.3. The van der Waals surface area contributed by atoms with Gasteiger partial charge in [0, 0.05) is 0 Å². The van der Waals surface area contributed by atoms with Crippen molar-refractivity contribution in [1.82, 2.24) is 4.98 Å². The molecule has 0 unspecified atom stereocenters. The van der Waals surface area contributed by atoms with Crippen molar-refractivity contribution >= 4 is 54.0 Å². The van der Waals surface area contributed by atoms with E-state index >= 15 is 0 Å². The molecule has 3 aromatic rings. The SMILES string of the molecule is CCOC(=O)c1nc2ccccc2c([Se]c2ccccc2)c1[Si](C)(C)C. The Labute approximate surface area is 162 Å². The number of para-hydroxylation sites is 1. The molecule has 1 heterocycles. The van der Waals surface area contributed by atoms with Gasteiger partial charge in [-0.3, -0.25) is 0 Å². The van der Waals surface area contributed by atoms with Crippen LogP contribution in [0.3, 0.4) is 0 Å². The molecule has 0 atom stereocenters. The molecule has 134 valence electrons. The molecule has 0 bridgehead atoms. The predicted octanol–water partition coefficient (Wildman–Crippen LogP) is 2.61. The van der Waals surface area contributed by atoms with Crippen molar-refractivity contribution in [2.45, 2.75) is 26.6 Å². The van der Waals surface area contributed by atoms with Crippen LogP contribution < -0.4 is 14.1 Å². The molecule has 3 nitrogen and oxygen atoms in total. The van der Waals surface area contributed by atoms with E-state index in [1.807, 2.05) is 31.2 Å². The van der Waals surface area contributed by atoms with E-state index in [-0.39, 0.29) is 20.9 Å². The van der Waals surface area contributed by atoms with Gasteiger partial charge in [-0.05, 0) is 0 Å². The molecule has 26 heavy (non-hydrogen) atoms. The summed E-state index contributed by atoms with van der Waals surface area (Å²) >= 11 is 0.0979. The fourth-order valence-corrected chi connectivity index (χ4v) is 8.93. The number of esters is 1. The van der Waals surface area contributed by atoms with Gasteiger partial charge in [-0.25, -0.2) is 0 Å². The van der Waals surface area contributed by atoms with E-state index in [9.17, 15) is 4.79 Å². The van der Waals surface area contributed by atoms with Gasteiger partial charge >= 0.3 is 162 Å². The monoisotopic (exact) mass is 429 g/mol. The number of hydrogen-bond donors (Lipinski definition) is 0. The molecule has 2 aromatic carbocycles. The Hall–Kier alpha value is -1.94. The van der Waals surface area contributed by atoms with Crippen LogP contribution in [-0.2, 0) is 4.74 Å². The van der Waals surface area contributed by atoms with Crippen LogP contribution >= 0.6 is 0 Å². The van der Waals surface area contributed by atoms with Crippen LogP contribution in [-0.4, -0.2) is 40.6 Å². The van der Waals surface area contributed by atoms with Crippen molar-refractivity contribution in [2.24, 2.45) is 0 Å². The molecule has 0 radical (unpaired) electrons. The van der Waals surface area contributed by atoms with E-state index in [1.165, 1.54) is 8.92 Å². The van der Waals surface area contributed by atoms with Crippen LogP contribution in [0, 0.1) is 0 Å². The number of ether oxygens (including phenoxy) is 1. The third-order valence-corrected chi connectivity index (χ3v) is 8.80. The number of hydrogen-bond acceptors (Lipinski definition) is 3. The third kappa shape index (κ3) is 3.90. The molecule has 5 heteroatoms. The van der Waals surface area contributed by atoms with Crippen LogP contribution in [0.15, 0.2) is 54.6 Å². The molecule has 0 saturated carbocycles. The summed E-state index contributed by atoms with van der Waals surface area (Å²) in [7, 11) is -1.83. The van der Waals surface area contributed by atoms with Gasteiger partial charge in [0.1, 0.15) is 0 Å². The molecule has 0 aliphatic rings. The van der Waals surface area contributed by atoms with Crippen LogP contribution in [0.5, 0.6) is 0 Å². The number of benzene rings is 2. The van der Waals surface area contributed by atoms with Crippen molar-refractivity contribution < 1.29 is 9.53 Å². The minimum atomic E-state index is -1.83. The number of rotatable bonds is 5. The minimum absolute atomic E-state index is 0.0979. The van der Waals surface area contributed by atoms with E-state index in [0.29, 0.717) is 12.3 Å². The van der Waals surface area contributed by atoms with Gasteiger partial charge < -0.3 is 0 Å². The fraction of sp³-hybridized carbons (Fsp3) is 0.238. The van der Waals surface area contributed by atoms with Crippen molar-refractivity contribution in [2.75, 3.05) is 6.61 Å². The molecule has 0 aliphatic heterocycles. The summed E-state index contributed by atoms with van der Waals surface area (Å²) in [6, 6.07) is 18.6. The topological polar surface area (TPSA) is 39.2 Å². The molecule has 0 aliphatic carbocycles. The summed E-state index contributed by atoms with van der Waals surface area (Å²) in [5.74, 6) is -0.305. The first-order valence-electron chi connectivity index (χ1n) is 8.75. The predicted molar refractivity (Wildman–Crippen MR) is 112 cm³/mol. The average molecular weight is 428 g/mol. The molecular weight excluding hydrogens is 405 g/mol. The number of carbonyl (C=O) groups excluding carboxylic acids is 1. The molecular formula is C21H23NO2SeSi. The standard InChI is InChI=1S/C21H23NO2SeSi/c1-5-24-21(23)18-20(26(2,3)4)19(25-15-11-7-6-8-12-15)16-13-9-10-14-17(16)22-18/h6-14H,5H2,1-4H3. The average Bonchev–Trinajstić information content (AvgIpc) is 2.61. The van der Waals surface area contributed by atoms with Crippen molar-refractivity contribution in [1.29, 1.82) is 0 Å². The molecule has 0 N–H and O–H groups in total. The van der Waals surface area contributed by atoms with Crippen molar-refractivity contribution in [3.05, 3.63) is 60.3 Å². The summed E-state index contributed by atoms with van der Waals surface area (Å²) in [5, 5.41) is 2.29. The Morgan fingerprint density at radius 2 is 1.69 bits per heavy atom. The molecule has 1 aromatic heterocycles. The Bertz CT molecular complexity index is 936. The number of fused-ring (bicyclic) bond motifs is 1. The summed E-state index contributed by atoms with van der Waals surface area (Å²) < 4.78 is 7.92. The first kappa shape index (κ1) is 18.8. The number of nitrogens with zero attached hydrogens (tertiary/aromatic N) is 1. The zero-order valence-electron chi connectivity index (χ0n) is 15.6. The van der Waals surface area contributed by atoms with Crippen molar-refractivity contribution in [3.63, 3.8) is 0 Å². The zero-order chi connectivity index (χ0) is 18.7. The van der Waals surface area contributed by atoms with Gasteiger partial charge in [-0.15, -0.1) is 0 Å². The molecule has 0 saturated heterocycles. The normalized spacial score (nSPS) is 11.5. The fourth-order valence-electron chi connectivity index (χ4n) is 2.94. The van der Waals surface area contributed by atoms with Gasteiger partial charge in [0.15, 0.2) is 0 Å². The van der Waals surface area contributed by atoms with Crippen LogP contribution in [0.2, 0.25) is 19.6 Å². The molecule has 0 fully saturated rings. The quantitative estimate of drug-likeness (QED) is 0.463. The second kappa shape index (κ2) is 7.74. The van der Waals surface area contributed by atoms with Crippen molar-refractivity contribution in [3.8, 4) is 0 Å².